The van der Waals surface area contributed by atoms with Gasteiger partial charge in [-0.05, 0) is 11.5 Å². The lowest BCUT2D eigenvalue weighted by molar-refractivity contribution is 0.236. The zero-order valence-corrected chi connectivity index (χ0v) is 12.7. The molecule has 0 unspecified atom stereocenters. The van der Waals surface area contributed by atoms with Crippen molar-refractivity contribution in [1.29, 1.82) is 0 Å². The van der Waals surface area contributed by atoms with E-state index in [2.05, 4.69) is 95.4 Å². The summed E-state index contributed by atoms with van der Waals surface area (Å²) in [6.45, 7) is 0. The first-order chi connectivity index (χ1) is 11.4. The highest BCUT2D eigenvalue weighted by molar-refractivity contribution is 5.89. The summed E-state index contributed by atoms with van der Waals surface area (Å²) in [7, 11) is 0. The first kappa shape index (κ1) is 13.6. The predicted molar refractivity (Wildman–Crippen MR) is 96.4 cm³/mol. The van der Waals surface area contributed by atoms with Gasteiger partial charge in [0.2, 0.25) is 0 Å². The Kier molecular flexibility index (Phi) is 3.53. The summed E-state index contributed by atoms with van der Waals surface area (Å²) in [5.74, 6) is 3.27. The maximum atomic E-state index is 3.34. The van der Waals surface area contributed by atoms with Crippen molar-refractivity contribution < 1.29 is 4.37 Å². The van der Waals surface area contributed by atoms with Gasteiger partial charge in [-0.25, -0.2) is 0 Å². The van der Waals surface area contributed by atoms with Crippen molar-refractivity contribution in [3.63, 3.8) is 0 Å². The average Bonchev–Trinajstić information content (AvgIpc) is 2.64. The summed E-state index contributed by atoms with van der Waals surface area (Å²) in [4.78, 5) is 0. The third-order valence-corrected chi connectivity index (χ3v) is 3.93. The van der Waals surface area contributed by atoms with Gasteiger partial charge in [-0.1, -0.05) is 66.7 Å². The maximum absolute atomic E-state index is 3.34. The highest BCUT2D eigenvalue weighted by atomic mass is 16.7. The van der Waals surface area contributed by atoms with Crippen LogP contribution in [0, 0.1) is 0 Å². The molecule has 0 aliphatic rings. The number of hydrogen-bond donors (Lipinski definition) is 0. The van der Waals surface area contributed by atoms with Crippen molar-refractivity contribution in [2.75, 3.05) is 0 Å². The molecule has 4 aromatic carbocycles. The molecular formula is C22H17O+. The van der Waals surface area contributed by atoms with E-state index in [0.29, 0.717) is 0 Å². The third-order valence-electron chi connectivity index (χ3n) is 3.93. The zero-order valence-electron chi connectivity index (χ0n) is 12.7. The smallest absolute Gasteiger partial charge is 0.275 e. The second kappa shape index (κ2) is 5.98. The topological polar surface area (TPSA) is 2.70 Å². The molecule has 4 rings (SSSR count). The lowest BCUT2D eigenvalue weighted by atomic mass is 10.1. The van der Waals surface area contributed by atoms with E-state index in [1.807, 2.05) is 12.1 Å². The molecule has 0 fully saturated rings. The van der Waals surface area contributed by atoms with Gasteiger partial charge >= 0.3 is 0 Å². The van der Waals surface area contributed by atoms with Gasteiger partial charge in [-0.2, -0.15) is 0 Å². The summed E-state index contributed by atoms with van der Waals surface area (Å²) < 4.78 is 3.34. The summed E-state index contributed by atoms with van der Waals surface area (Å²) in [6.07, 6.45) is 0. The van der Waals surface area contributed by atoms with Crippen LogP contribution >= 0.6 is 0 Å². The second-order valence-corrected chi connectivity index (χ2v) is 5.41. The van der Waals surface area contributed by atoms with Gasteiger partial charge in [0, 0.05) is 30.3 Å². The quantitative estimate of drug-likeness (QED) is 0.375. The Morgan fingerprint density at radius 3 is 1.61 bits per heavy atom. The second-order valence-electron chi connectivity index (χ2n) is 5.41. The van der Waals surface area contributed by atoms with E-state index in [9.17, 15) is 0 Å². The molecule has 1 nitrogen and oxygen atoms in total. The molecular weight excluding hydrogens is 280 g/mol. The Labute approximate surface area is 136 Å². The lowest BCUT2D eigenvalue weighted by Gasteiger charge is -2.23. The Morgan fingerprint density at radius 1 is 0.435 bits per heavy atom. The maximum Gasteiger partial charge on any atom is 0.275 e. The fourth-order valence-corrected chi connectivity index (χ4v) is 2.88. The number of fused-ring (bicyclic) bond motifs is 1. The van der Waals surface area contributed by atoms with E-state index in [1.54, 1.807) is 0 Å². The van der Waals surface area contributed by atoms with Crippen molar-refractivity contribution in [2.24, 2.45) is 0 Å². The van der Waals surface area contributed by atoms with Crippen LogP contribution in [0.1, 0.15) is 0 Å². The minimum absolute atomic E-state index is 1.08. The van der Waals surface area contributed by atoms with Gasteiger partial charge in [0.05, 0.1) is 5.39 Å². The van der Waals surface area contributed by atoms with Crippen LogP contribution in [0.2, 0.25) is 0 Å². The molecule has 0 radical (unpaired) electrons. The molecule has 0 spiro atoms. The summed E-state index contributed by atoms with van der Waals surface area (Å²) in [5.41, 5.74) is 0. The molecule has 0 aliphatic heterocycles. The molecule has 0 amide bonds. The van der Waals surface area contributed by atoms with Crippen molar-refractivity contribution in [2.45, 2.75) is 0 Å². The molecule has 0 atom stereocenters. The lowest BCUT2D eigenvalue weighted by Crippen LogP contribution is -2.05. The van der Waals surface area contributed by atoms with E-state index < -0.39 is 0 Å². The van der Waals surface area contributed by atoms with Crippen LogP contribution in [0.4, 0.5) is 0 Å². The zero-order chi connectivity index (χ0) is 15.5. The van der Waals surface area contributed by atoms with Gasteiger partial charge < -0.3 is 4.37 Å². The van der Waals surface area contributed by atoms with Crippen molar-refractivity contribution in [1.82, 2.24) is 0 Å². The molecule has 0 saturated carbocycles. The van der Waals surface area contributed by atoms with Gasteiger partial charge in [-0.3, -0.25) is 0 Å². The predicted octanol–water partition coefficient (Wildman–Crippen LogP) is 6.58. The van der Waals surface area contributed by atoms with Crippen molar-refractivity contribution >= 4 is 10.8 Å². The van der Waals surface area contributed by atoms with Gasteiger partial charge in [0.1, 0.15) is 0 Å². The number of hydrogen-bond acceptors (Lipinski definition) is 0. The Bertz CT molecular complexity index is 869. The van der Waals surface area contributed by atoms with E-state index in [1.165, 1.54) is 10.8 Å². The normalized spacial score (nSPS) is 10.6. The van der Waals surface area contributed by atoms with Gasteiger partial charge in [0.15, 0.2) is 0 Å². The first-order valence-corrected chi connectivity index (χ1v) is 7.76. The van der Waals surface area contributed by atoms with Crippen LogP contribution < -0.4 is 4.37 Å². The summed E-state index contributed by atoms with van der Waals surface area (Å²) in [6, 6.07) is 35.6. The van der Waals surface area contributed by atoms with Crippen LogP contribution in [-0.2, 0) is 0 Å². The summed E-state index contributed by atoms with van der Waals surface area (Å²) in [5, 5.41) is 2.45. The SMILES string of the molecule is c1ccc([O+](c2ccccc2)c2cccc3ccccc23)cc1. The first-order valence-electron chi connectivity index (χ1n) is 7.76. The Hall–Kier alpha value is -3.06. The standard InChI is InChI=1S/C22H17O/c1-3-12-19(13-4-1)23(20-14-5-2-6-15-20)22-17-9-11-18-10-7-8-16-21(18)22/h1-17H/q+1. The number of rotatable bonds is 3. The largest absolute Gasteiger partial charge is 0.498 e. The highest BCUT2D eigenvalue weighted by Gasteiger charge is 2.21. The van der Waals surface area contributed by atoms with Crippen LogP contribution in [0.3, 0.4) is 0 Å². The van der Waals surface area contributed by atoms with Crippen molar-refractivity contribution in [3.05, 3.63) is 103 Å². The molecule has 0 N–H and O–H groups in total. The Morgan fingerprint density at radius 2 is 0.957 bits per heavy atom. The monoisotopic (exact) mass is 297 g/mol. The number of para-hydroxylation sites is 2. The van der Waals surface area contributed by atoms with Gasteiger partial charge in [-0.15, -0.1) is 0 Å². The van der Waals surface area contributed by atoms with Gasteiger partial charge in [0.25, 0.3) is 17.2 Å². The van der Waals surface area contributed by atoms with Crippen molar-refractivity contribution in [3.8, 4) is 17.2 Å². The molecule has 0 saturated heterocycles. The molecule has 110 valence electrons. The molecule has 1 heteroatoms. The molecule has 0 aromatic heterocycles. The molecule has 23 heavy (non-hydrogen) atoms. The van der Waals surface area contributed by atoms with Crippen LogP contribution in [-0.4, -0.2) is 0 Å². The van der Waals surface area contributed by atoms with E-state index in [0.717, 1.165) is 17.2 Å². The molecule has 4 aromatic rings. The minimum Gasteiger partial charge on any atom is -0.498 e. The molecule has 0 aliphatic carbocycles. The van der Waals surface area contributed by atoms with E-state index >= 15 is 0 Å². The fourth-order valence-electron chi connectivity index (χ4n) is 2.88. The Balaban J connectivity index is 1.98. The van der Waals surface area contributed by atoms with E-state index in [-0.39, 0.29) is 0 Å². The molecule has 0 bridgehead atoms. The highest BCUT2D eigenvalue weighted by Crippen LogP contribution is 2.42. The summed E-state index contributed by atoms with van der Waals surface area (Å²) >= 11 is 0. The van der Waals surface area contributed by atoms with E-state index in [4.69, 9.17) is 0 Å². The van der Waals surface area contributed by atoms with Crippen LogP contribution in [0.25, 0.3) is 10.8 Å². The number of benzene rings is 4. The third kappa shape index (κ3) is 2.58. The average molecular weight is 297 g/mol. The van der Waals surface area contributed by atoms with Crippen LogP contribution in [0.5, 0.6) is 17.2 Å². The van der Waals surface area contributed by atoms with Crippen LogP contribution in [0.15, 0.2) is 103 Å². The molecule has 0 heterocycles. The minimum atomic E-state index is 1.08. The fraction of sp³-hybridized carbons (Fsp3) is 0.